The van der Waals surface area contributed by atoms with Crippen LogP contribution in [-0.2, 0) is 4.79 Å². The number of hydrogen-bond donors (Lipinski definition) is 3. The standard InChI is InChI=1S/C23H24N4O5/c1-15(23(28)26-20-14-18(27(29)30)12-13-22(20)32-3)24-16-8-10-17(11-9-16)25-19-6-4-5-7-21(19)31-2/h4-15,24-25H,1-3H3,(H,26,28)/t15-/m0/s1. The molecule has 0 radical (unpaired) electrons. The van der Waals surface area contributed by atoms with Gasteiger partial charge in [0, 0.05) is 23.5 Å². The Balaban J connectivity index is 1.64. The number of hydrogen-bond acceptors (Lipinski definition) is 7. The van der Waals surface area contributed by atoms with Crippen molar-refractivity contribution >= 4 is 34.3 Å². The third-order valence-corrected chi connectivity index (χ3v) is 4.70. The van der Waals surface area contributed by atoms with Crippen LogP contribution in [0.15, 0.2) is 66.7 Å². The first-order valence-electron chi connectivity index (χ1n) is 9.81. The smallest absolute Gasteiger partial charge is 0.271 e. The Morgan fingerprint density at radius 2 is 1.53 bits per heavy atom. The van der Waals surface area contributed by atoms with Crippen molar-refractivity contribution in [1.82, 2.24) is 0 Å². The number of nitro benzene ring substituents is 1. The summed E-state index contributed by atoms with van der Waals surface area (Å²) in [5.41, 5.74) is 2.54. The molecule has 0 heterocycles. The van der Waals surface area contributed by atoms with E-state index >= 15 is 0 Å². The quantitative estimate of drug-likeness (QED) is 0.326. The van der Waals surface area contributed by atoms with Gasteiger partial charge in [0.1, 0.15) is 17.5 Å². The molecule has 0 spiro atoms. The Morgan fingerprint density at radius 3 is 2.19 bits per heavy atom. The van der Waals surface area contributed by atoms with Crippen molar-refractivity contribution in [2.24, 2.45) is 0 Å². The Bertz CT molecular complexity index is 1100. The molecule has 0 aromatic heterocycles. The van der Waals surface area contributed by atoms with Gasteiger partial charge in [-0.05, 0) is 49.4 Å². The van der Waals surface area contributed by atoms with Gasteiger partial charge < -0.3 is 25.4 Å². The summed E-state index contributed by atoms with van der Waals surface area (Å²) in [7, 11) is 3.04. The van der Waals surface area contributed by atoms with Crippen LogP contribution in [0.25, 0.3) is 0 Å². The molecule has 32 heavy (non-hydrogen) atoms. The number of para-hydroxylation sites is 2. The van der Waals surface area contributed by atoms with Gasteiger partial charge in [-0.3, -0.25) is 14.9 Å². The zero-order chi connectivity index (χ0) is 23.1. The van der Waals surface area contributed by atoms with E-state index in [1.54, 1.807) is 14.0 Å². The molecule has 1 amide bonds. The van der Waals surface area contributed by atoms with E-state index in [-0.39, 0.29) is 17.3 Å². The number of ether oxygens (including phenoxy) is 2. The maximum atomic E-state index is 12.6. The number of rotatable bonds is 9. The second-order valence-corrected chi connectivity index (χ2v) is 6.90. The first kappa shape index (κ1) is 22.4. The molecule has 0 unspecified atom stereocenters. The summed E-state index contributed by atoms with van der Waals surface area (Å²) in [5.74, 6) is 0.708. The van der Waals surface area contributed by atoms with E-state index in [9.17, 15) is 14.9 Å². The Hall–Kier alpha value is -4.27. The summed E-state index contributed by atoms with van der Waals surface area (Å²) >= 11 is 0. The lowest BCUT2D eigenvalue weighted by atomic mass is 10.2. The molecule has 9 heteroatoms. The van der Waals surface area contributed by atoms with E-state index in [0.29, 0.717) is 5.75 Å². The average molecular weight is 436 g/mol. The molecule has 0 fully saturated rings. The van der Waals surface area contributed by atoms with Crippen LogP contribution < -0.4 is 25.4 Å². The highest BCUT2D eigenvalue weighted by molar-refractivity contribution is 5.97. The number of amides is 1. The number of non-ortho nitro benzene ring substituents is 1. The van der Waals surface area contributed by atoms with Gasteiger partial charge in [0.2, 0.25) is 5.91 Å². The SMILES string of the molecule is COc1ccc([N+](=O)[O-])cc1NC(=O)[C@H](C)Nc1ccc(Nc2ccccc2OC)cc1. The van der Waals surface area contributed by atoms with Gasteiger partial charge in [-0.15, -0.1) is 0 Å². The highest BCUT2D eigenvalue weighted by Crippen LogP contribution is 2.30. The second-order valence-electron chi connectivity index (χ2n) is 6.90. The van der Waals surface area contributed by atoms with Crippen LogP contribution in [0.4, 0.5) is 28.4 Å². The molecule has 0 aliphatic rings. The number of nitrogens with one attached hydrogen (secondary N) is 3. The van der Waals surface area contributed by atoms with Crippen molar-refractivity contribution in [3.8, 4) is 11.5 Å². The molecule has 3 rings (SSSR count). The van der Waals surface area contributed by atoms with Crippen LogP contribution >= 0.6 is 0 Å². The fourth-order valence-electron chi connectivity index (χ4n) is 3.02. The number of benzene rings is 3. The van der Waals surface area contributed by atoms with Gasteiger partial charge in [0.25, 0.3) is 5.69 Å². The molecule has 3 aromatic rings. The molecule has 166 valence electrons. The third kappa shape index (κ3) is 5.45. The third-order valence-electron chi connectivity index (χ3n) is 4.70. The minimum absolute atomic E-state index is 0.139. The number of nitrogens with zero attached hydrogens (tertiary/aromatic N) is 1. The Labute approximate surface area is 185 Å². The van der Waals surface area contributed by atoms with Crippen LogP contribution in [0.5, 0.6) is 11.5 Å². The summed E-state index contributed by atoms with van der Waals surface area (Å²) in [6.45, 7) is 1.69. The van der Waals surface area contributed by atoms with Crippen LogP contribution in [0.1, 0.15) is 6.92 Å². The fraction of sp³-hybridized carbons (Fsp3) is 0.174. The number of nitro groups is 1. The fourth-order valence-corrected chi connectivity index (χ4v) is 3.02. The van der Waals surface area contributed by atoms with E-state index < -0.39 is 11.0 Å². The van der Waals surface area contributed by atoms with E-state index in [1.165, 1.54) is 25.3 Å². The molecular formula is C23H24N4O5. The maximum absolute atomic E-state index is 12.6. The minimum Gasteiger partial charge on any atom is -0.495 e. The Kier molecular flexibility index (Phi) is 7.12. The summed E-state index contributed by atoms with van der Waals surface area (Å²) < 4.78 is 10.5. The molecule has 9 nitrogen and oxygen atoms in total. The molecule has 0 saturated carbocycles. The summed E-state index contributed by atoms with van der Waals surface area (Å²) in [4.78, 5) is 23.1. The summed E-state index contributed by atoms with van der Waals surface area (Å²) in [5, 5.41) is 20.1. The van der Waals surface area contributed by atoms with E-state index in [0.717, 1.165) is 22.8 Å². The number of anilines is 4. The van der Waals surface area contributed by atoms with Gasteiger partial charge in [0.15, 0.2) is 0 Å². The van der Waals surface area contributed by atoms with Crippen molar-refractivity contribution in [1.29, 1.82) is 0 Å². The summed E-state index contributed by atoms with van der Waals surface area (Å²) in [6, 6.07) is 18.5. The number of methoxy groups -OCH3 is 2. The minimum atomic E-state index is -0.605. The van der Waals surface area contributed by atoms with Crippen molar-refractivity contribution in [3.63, 3.8) is 0 Å². The molecule has 3 aromatic carbocycles. The monoisotopic (exact) mass is 436 g/mol. The van der Waals surface area contributed by atoms with E-state index in [2.05, 4.69) is 16.0 Å². The van der Waals surface area contributed by atoms with Crippen LogP contribution in [0, 0.1) is 10.1 Å². The van der Waals surface area contributed by atoms with Crippen molar-refractivity contribution in [2.45, 2.75) is 13.0 Å². The molecule has 0 aliphatic heterocycles. The molecule has 0 bridgehead atoms. The molecular weight excluding hydrogens is 412 g/mol. The van der Waals surface area contributed by atoms with Crippen molar-refractivity contribution < 1.29 is 19.2 Å². The lowest BCUT2D eigenvalue weighted by Gasteiger charge is -2.17. The largest absolute Gasteiger partial charge is 0.495 e. The van der Waals surface area contributed by atoms with Gasteiger partial charge in [0.05, 0.1) is 30.5 Å². The molecule has 3 N–H and O–H groups in total. The van der Waals surface area contributed by atoms with Gasteiger partial charge in [-0.25, -0.2) is 0 Å². The average Bonchev–Trinajstić information content (AvgIpc) is 2.80. The highest BCUT2D eigenvalue weighted by atomic mass is 16.6. The lowest BCUT2D eigenvalue weighted by Crippen LogP contribution is -2.32. The highest BCUT2D eigenvalue weighted by Gasteiger charge is 2.17. The van der Waals surface area contributed by atoms with Crippen LogP contribution in [0.3, 0.4) is 0 Å². The predicted molar refractivity (Wildman–Crippen MR) is 124 cm³/mol. The first-order valence-corrected chi connectivity index (χ1v) is 9.81. The van der Waals surface area contributed by atoms with Crippen LogP contribution in [-0.4, -0.2) is 31.1 Å². The number of carbonyl (C=O) groups excluding carboxylic acids is 1. The predicted octanol–water partition coefficient (Wildman–Crippen LogP) is 4.79. The van der Waals surface area contributed by atoms with Gasteiger partial charge >= 0.3 is 0 Å². The molecule has 0 aliphatic carbocycles. The van der Waals surface area contributed by atoms with E-state index in [1.807, 2.05) is 48.5 Å². The zero-order valence-corrected chi connectivity index (χ0v) is 17.9. The van der Waals surface area contributed by atoms with Gasteiger partial charge in [-0.2, -0.15) is 0 Å². The molecule has 0 saturated heterocycles. The van der Waals surface area contributed by atoms with E-state index in [4.69, 9.17) is 9.47 Å². The van der Waals surface area contributed by atoms with Crippen molar-refractivity contribution in [2.75, 3.05) is 30.2 Å². The topological polar surface area (TPSA) is 115 Å². The second kappa shape index (κ2) is 10.2. The first-order chi connectivity index (χ1) is 15.4. The lowest BCUT2D eigenvalue weighted by molar-refractivity contribution is -0.384. The van der Waals surface area contributed by atoms with Crippen LogP contribution in [0.2, 0.25) is 0 Å². The van der Waals surface area contributed by atoms with Crippen molar-refractivity contribution in [3.05, 3.63) is 76.8 Å². The maximum Gasteiger partial charge on any atom is 0.271 e. The summed E-state index contributed by atoms with van der Waals surface area (Å²) in [6.07, 6.45) is 0. The Morgan fingerprint density at radius 1 is 0.906 bits per heavy atom. The van der Waals surface area contributed by atoms with Gasteiger partial charge in [-0.1, -0.05) is 12.1 Å². The number of carbonyl (C=O) groups is 1. The normalized spacial score (nSPS) is 11.2. The zero-order valence-electron chi connectivity index (χ0n) is 17.9. The molecule has 1 atom stereocenters.